The Kier molecular flexibility index (Phi) is 7.28. The van der Waals surface area contributed by atoms with Crippen molar-refractivity contribution in [2.24, 2.45) is 0 Å². The van der Waals surface area contributed by atoms with Crippen LogP contribution in [-0.4, -0.2) is 15.3 Å². The highest BCUT2D eigenvalue weighted by molar-refractivity contribution is 7.99. The summed E-state index contributed by atoms with van der Waals surface area (Å²) in [5, 5.41) is 0. The molecule has 2 aromatic carbocycles. The Balaban J connectivity index is 1.99. The number of aryl methyl sites for hydroxylation is 1. The summed E-state index contributed by atoms with van der Waals surface area (Å²) in [5.74, 6) is 1.80. The summed E-state index contributed by atoms with van der Waals surface area (Å²) in [6, 6.07) is 11.6. The first kappa shape index (κ1) is 21.8. The molecule has 6 heteroatoms. The van der Waals surface area contributed by atoms with Crippen molar-refractivity contribution >= 4 is 22.8 Å². The van der Waals surface area contributed by atoms with E-state index < -0.39 is 11.7 Å². The molecule has 3 rings (SSSR count). The SMILES string of the molecule is CCCCCCn1c(-c2ccc(C(F)(F)F)cc2)nc2ccc(SCCC)cc21. The molecule has 0 unspecified atom stereocenters. The van der Waals surface area contributed by atoms with Gasteiger partial charge in [-0.25, -0.2) is 4.98 Å². The maximum atomic E-state index is 12.9. The monoisotopic (exact) mass is 420 g/mol. The number of rotatable bonds is 9. The molecule has 0 aliphatic rings. The molecule has 0 spiro atoms. The van der Waals surface area contributed by atoms with Crippen molar-refractivity contribution in [1.29, 1.82) is 0 Å². The van der Waals surface area contributed by atoms with Crippen LogP contribution in [0.15, 0.2) is 47.4 Å². The second-order valence-electron chi connectivity index (χ2n) is 7.22. The average Bonchev–Trinajstić information content (AvgIpc) is 3.07. The van der Waals surface area contributed by atoms with Gasteiger partial charge in [0.25, 0.3) is 0 Å². The van der Waals surface area contributed by atoms with Crippen molar-refractivity contribution < 1.29 is 13.2 Å². The molecule has 156 valence electrons. The zero-order valence-corrected chi connectivity index (χ0v) is 17.7. The van der Waals surface area contributed by atoms with Crippen LogP contribution in [0.25, 0.3) is 22.4 Å². The Morgan fingerprint density at radius 3 is 2.34 bits per heavy atom. The largest absolute Gasteiger partial charge is 0.416 e. The standard InChI is InChI=1S/C23H27F3N2S/c1-3-5-6-7-14-28-21-16-19(29-15-4-2)12-13-20(21)27-22(28)17-8-10-18(11-9-17)23(24,25)26/h8-13,16H,3-7,14-15H2,1-2H3. The molecule has 0 aliphatic heterocycles. The van der Waals surface area contributed by atoms with Crippen LogP contribution >= 0.6 is 11.8 Å². The van der Waals surface area contributed by atoms with E-state index in [1.807, 2.05) is 17.8 Å². The number of thioether (sulfide) groups is 1. The van der Waals surface area contributed by atoms with E-state index in [4.69, 9.17) is 4.98 Å². The first-order chi connectivity index (χ1) is 13.9. The number of unbranched alkanes of at least 4 members (excludes halogenated alkanes) is 3. The summed E-state index contributed by atoms with van der Waals surface area (Å²) >= 11 is 1.82. The maximum Gasteiger partial charge on any atom is 0.416 e. The Morgan fingerprint density at radius 1 is 0.931 bits per heavy atom. The lowest BCUT2D eigenvalue weighted by Crippen LogP contribution is -2.05. The maximum absolute atomic E-state index is 12.9. The van der Waals surface area contributed by atoms with E-state index >= 15 is 0 Å². The number of hydrogen-bond donors (Lipinski definition) is 0. The molecule has 0 radical (unpaired) electrons. The summed E-state index contributed by atoms with van der Waals surface area (Å²) in [6.45, 7) is 5.15. The van der Waals surface area contributed by atoms with Crippen molar-refractivity contribution in [3.63, 3.8) is 0 Å². The fraction of sp³-hybridized carbons (Fsp3) is 0.435. The van der Waals surface area contributed by atoms with Crippen molar-refractivity contribution in [3.05, 3.63) is 48.0 Å². The van der Waals surface area contributed by atoms with Gasteiger partial charge < -0.3 is 4.57 Å². The van der Waals surface area contributed by atoms with E-state index in [1.165, 1.54) is 23.4 Å². The molecule has 0 saturated carbocycles. The van der Waals surface area contributed by atoms with Crippen molar-refractivity contribution in [1.82, 2.24) is 9.55 Å². The predicted octanol–water partition coefficient (Wildman–Crippen LogP) is 7.80. The molecule has 0 saturated heterocycles. The van der Waals surface area contributed by atoms with Crippen LogP contribution in [0.4, 0.5) is 13.2 Å². The highest BCUT2D eigenvalue weighted by atomic mass is 32.2. The van der Waals surface area contributed by atoms with Gasteiger partial charge in [0, 0.05) is 17.0 Å². The van der Waals surface area contributed by atoms with Gasteiger partial charge in [0.15, 0.2) is 0 Å². The number of aromatic nitrogens is 2. The molecule has 29 heavy (non-hydrogen) atoms. The normalized spacial score (nSPS) is 12.0. The van der Waals surface area contributed by atoms with Gasteiger partial charge in [0.05, 0.1) is 16.6 Å². The number of fused-ring (bicyclic) bond motifs is 1. The van der Waals surface area contributed by atoms with E-state index in [1.54, 1.807) is 0 Å². The quantitative estimate of drug-likeness (QED) is 0.259. The number of imidazole rings is 1. The zero-order chi connectivity index (χ0) is 20.9. The Labute approximate surface area is 174 Å². The van der Waals surface area contributed by atoms with Gasteiger partial charge in [-0.15, -0.1) is 11.8 Å². The first-order valence-electron chi connectivity index (χ1n) is 10.2. The zero-order valence-electron chi connectivity index (χ0n) is 16.9. The van der Waals surface area contributed by atoms with Crippen LogP contribution in [0.2, 0.25) is 0 Å². The molecule has 0 atom stereocenters. The summed E-state index contributed by atoms with van der Waals surface area (Å²) in [5.41, 5.74) is 2.02. The number of hydrogen-bond acceptors (Lipinski definition) is 2. The van der Waals surface area contributed by atoms with Gasteiger partial charge in [0.2, 0.25) is 0 Å². The Hall–Kier alpha value is -1.95. The Morgan fingerprint density at radius 2 is 1.69 bits per heavy atom. The molecule has 1 aromatic heterocycles. The van der Waals surface area contributed by atoms with Crippen molar-refractivity contribution in [3.8, 4) is 11.4 Å². The van der Waals surface area contributed by atoms with E-state index in [0.717, 1.165) is 67.0 Å². The minimum atomic E-state index is -4.33. The van der Waals surface area contributed by atoms with Gasteiger partial charge in [0.1, 0.15) is 5.82 Å². The number of alkyl halides is 3. The average molecular weight is 421 g/mol. The lowest BCUT2D eigenvalue weighted by molar-refractivity contribution is -0.137. The lowest BCUT2D eigenvalue weighted by atomic mass is 10.1. The number of nitrogens with zero attached hydrogens (tertiary/aromatic N) is 2. The lowest BCUT2D eigenvalue weighted by Gasteiger charge is -2.11. The van der Waals surface area contributed by atoms with Crippen LogP contribution in [-0.2, 0) is 12.7 Å². The second kappa shape index (κ2) is 9.70. The molecule has 0 fully saturated rings. The van der Waals surface area contributed by atoms with Crippen LogP contribution in [0.1, 0.15) is 51.5 Å². The first-order valence-corrected chi connectivity index (χ1v) is 11.2. The van der Waals surface area contributed by atoms with E-state index in [0.29, 0.717) is 5.56 Å². The summed E-state index contributed by atoms with van der Waals surface area (Å²) in [4.78, 5) is 5.97. The molecule has 3 aromatic rings. The fourth-order valence-electron chi connectivity index (χ4n) is 3.36. The summed E-state index contributed by atoms with van der Waals surface area (Å²) in [7, 11) is 0. The third kappa shape index (κ3) is 5.35. The van der Waals surface area contributed by atoms with Crippen molar-refractivity contribution in [2.75, 3.05) is 5.75 Å². The summed E-state index contributed by atoms with van der Waals surface area (Å²) in [6.07, 6.45) is 1.28. The highest BCUT2D eigenvalue weighted by Crippen LogP contribution is 2.33. The van der Waals surface area contributed by atoms with E-state index in [-0.39, 0.29) is 0 Å². The third-order valence-electron chi connectivity index (χ3n) is 4.90. The van der Waals surface area contributed by atoms with Crippen LogP contribution in [0.5, 0.6) is 0 Å². The van der Waals surface area contributed by atoms with Gasteiger partial charge in [-0.1, -0.05) is 45.2 Å². The van der Waals surface area contributed by atoms with Gasteiger partial charge in [-0.3, -0.25) is 0 Å². The van der Waals surface area contributed by atoms with Crippen LogP contribution in [0, 0.1) is 0 Å². The molecular weight excluding hydrogens is 393 g/mol. The smallest absolute Gasteiger partial charge is 0.324 e. The number of halogens is 3. The minimum absolute atomic E-state index is 0.634. The van der Waals surface area contributed by atoms with Gasteiger partial charge in [-0.05, 0) is 48.9 Å². The third-order valence-corrected chi connectivity index (χ3v) is 6.10. The van der Waals surface area contributed by atoms with E-state index in [9.17, 15) is 13.2 Å². The molecule has 0 aliphatic carbocycles. The topological polar surface area (TPSA) is 17.8 Å². The van der Waals surface area contributed by atoms with Crippen molar-refractivity contribution in [2.45, 2.75) is 63.6 Å². The fourth-order valence-corrected chi connectivity index (χ4v) is 4.16. The molecule has 1 heterocycles. The minimum Gasteiger partial charge on any atom is -0.324 e. The van der Waals surface area contributed by atoms with Gasteiger partial charge >= 0.3 is 6.18 Å². The molecule has 0 amide bonds. The van der Waals surface area contributed by atoms with Crippen LogP contribution in [0.3, 0.4) is 0 Å². The second-order valence-corrected chi connectivity index (χ2v) is 8.39. The summed E-state index contributed by atoms with van der Waals surface area (Å²) < 4.78 is 41.0. The molecular formula is C23H27F3N2S. The van der Waals surface area contributed by atoms with E-state index in [2.05, 4.69) is 30.5 Å². The molecule has 2 nitrogen and oxygen atoms in total. The predicted molar refractivity (Wildman–Crippen MR) is 115 cm³/mol. The van der Waals surface area contributed by atoms with Gasteiger partial charge in [-0.2, -0.15) is 13.2 Å². The number of benzene rings is 2. The van der Waals surface area contributed by atoms with Crippen LogP contribution < -0.4 is 0 Å². The molecule has 0 N–H and O–H groups in total. The molecule has 0 bridgehead atoms. The highest BCUT2D eigenvalue weighted by Gasteiger charge is 2.30. The Bertz CT molecular complexity index is 930.